The number of nitrogens with one attached hydrogen (secondary N) is 1. The molecule has 1 aromatic heterocycles. The van der Waals surface area contributed by atoms with Gasteiger partial charge in [-0.1, -0.05) is 6.07 Å². The summed E-state index contributed by atoms with van der Waals surface area (Å²) in [6.07, 6.45) is 1.89. The van der Waals surface area contributed by atoms with Crippen LogP contribution in [0.1, 0.15) is 15.4 Å². The van der Waals surface area contributed by atoms with E-state index < -0.39 is 0 Å². The highest BCUT2D eigenvalue weighted by Gasteiger charge is 2.15. The summed E-state index contributed by atoms with van der Waals surface area (Å²) in [5.74, 6) is 1.97. The first-order chi connectivity index (χ1) is 10.2. The Kier molecular flexibility index (Phi) is 5.41. The topological polar surface area (TPSA) is 52.6 Å². The van der Waals surface area contributed by atoms with Crippen molar-refractivity contribution < 1.29 is 14.2 Å². The molecule has 0 aliphatic heterocycles. The lowest BCUT2D eigenvalue weighted by Crippen LogP contribution is -2.13. The maximum atomic E-state index is 5.46. The fraction of sp³-hybridized carbons (Fsp3) is 0.400. The van der Waals surface area contributed by atoms with Crippen molar-refractivity contribution in [2.75, 3.05) is 21.3 Å². The van der Waals surface area contributed by atoms with Gasteiger partial charge in [-0.25, -0.2) is 4.98 Å². The maximum Gasteiger partial charge on any atom is 0.203 e. The molecule has 0 saturated carbocycles. The molecule has 1 aromatic carbocycles. The van der Waals surface area contributed by atoms with Gasteiger partial charge in [0.1, 0.15) is 5.01 Å². The summed E-state index contributed by atoms with van der Waals surface area (Å²) in [6.45, 7) is 3.46. The SMILES string of the molecule is COc1ccc(CNCc2ncc(C)s2)c(OC)c1OC. The molecule has 6 heteroatoms. The molecule has 21 heavy (non-hydrogen) atoms. The maximum absolute atomic E-state index is 5.46. The Morgan fingerprint density at radius 1 is 1.05 bits per heavy atom. The van der Waals surface area contributed by atoms with Crippen LogP contribution in [0, 0.1) is 6.92 Å². The quantitative estimate of drug-likeness (QED) is 0.852. The zero-order chi connectivity index (χ0) is 15.2. The van der Waals surface area contributed by atoms with Crippen LogP contribution in [-0.4, -0.2) is 26.3 Å². The van der Waals surface area contributed by atoms with E-state index in [1.165, 1.54) is 4.88 Å². The van der Waals surface area contributed by atoms with E-state index in [0.717, 1.165) is 17.1 Å². The molecule has 0 aliphatic carbocycles. The van der Waals surface area contributed by atoms with Gasteiger partial charge in [0.2, 0.25) is 5.75 Å². The van der Waals surface area contributed by atoms with Crippen molar-refractivity contribution in [1.82, 2.24) is 10.3 Å². The predicted molar refractivity (Wildman–Crippen MR) is 83.5 cm³/mol. The fourth-order valence-corrected chi connectivity index (χ4v) is 2.85. The third-order valence-corrected chi connectivity index (χ3v) is 3.96. The van der Waals surface area contributed by atoms with Crippen LogP contribution in [0.4, 0.5) is 0 Å². The van der Waals surface area contributed by atoms with Crippen molar-refractivity contribution >= 4 is 11.3 Å². The summed E-state index contributed by atoms with van der Waals surface area (Å²) in [5.41, 5.74) is 1.02. The normalized spacial score (nSPS) is 10.5. The molecule has 1 N–H and O–H groups in total. The van der Waals surface area contributed by atoms with E-state index in [4.69, 9.17) is 14.2 Å². The summed E-state index contributed by atoms with van der Waals surface area (Å²) in [4.78, 5) is 5.55. The van der Waals surface area contributed by atoms with Crippen LogP contribution < -0.4 is 19.5 Å². The minimum atomic E-state index is 0.615. The second-order valence-electron chi connectivity index (χ2n) is 4.46. The Morgan fingerprint density at radius 3 is 2.38 bits per heavy atom. The molecule has 0 saturated heterocycles. The smallest absolute Gasteiger partial charge is 0.203 e. The zero-order valence-electron chi connectivity index (χ0n) is 12.7. The van der Waals surface area contributed by atoms with Crippen LogP contribution in [0.3, 0.4) is 0 Å². The number of hydrogen-bond donors (Lipinski definition) is 1. The molecule has 114 valence electrons. The van der Waals surface area contributed by atoms with Crippen molar-refractivity contribution in [3.05, 3.63) is 33.8 Å². The van der Waals surface area contributed by atoms with Gasteiger partial charge in [0.05, 0.1) is 21.3 Å². The Hall–Kier alpha value is -1.79. The first-order valence-electron chi connectivity index (χ1n) is 6.59. The summed E-state index contributed by atoms with van der Waals surface area (Å²) in [7, 11) is 4.85. The van der Waals surface area contributed by atoms with Gasteiger partial charge in [0, 0.05) is 29.7 Å². The lowest BCUT2D eigenvalue weighted by molar-refractivity contribution is 0.321. The van der Waals surface area contributed by atoms with Crippen molar-refractivity contribution in [2.24, 2.45) is 0 Å². The van der Waals surface area contributed by atoms with Crippen LogP contribution >= 0.6 is 11.3 Å². The van der Waals surface area contributed by atoms with Gasteiger partial charge < -0.3 is 19.5 Å². The average Bonchev–Trinajstić information content (AvgIpc) is 2.91. The van der Waals surface area contributed by atoms with Crippen LogP contribution in [-0.2, 0) is 13.1 Å². The Balaban J connectivity index is 2.08. The molecule has 5 nitrogen and oxygen atoms in total. The van der Waals surface area contributed by atoms with E-state index in [1.54, 1.807) is 32.7 Å². The predicted octanol–water partition coefficient (Wildman–Crippen LogP) is 2.77. The lowest BCUT2D eigenvalue weighted by atomic mass is 10.1. The molecule has 0 amide bonds. The third kappa shape index (κ3) is 3.65. The van der Waals surface area contributed by atoms with Crippen molar-refractivity contribution in [1.29, 1.82) is 0 Å². The molecule has 0 bridgehead atoms. The van der Waals surface area contributed by atoms with E-state index in [2.05, 4.69) is 17.2 Å². The Morgan fingerprint density at radius 2 is 1.81 bits per heavy atom. The standard InChI is InChI=1S/C15H20N2O3S/c1-10-7-17-13(21-10)9-16-8-11-5-6-12(18-2)15(20-4)14(11)19-3/h5-7,16H,8-9H2,1-4H3. The van der Waals surface area contributed by atoms with Crippen molar-refractivity contribution in [2.45, 2.75) is 20.0 Å². The molecule has 0 radical (unpaired) electrons. The molecule has 0 atom stereocenters. The minimum Gasteiger partial charge on any atom is -0.493 e. The van der Waals surface area contributed by atoms with Gasteiger partial charge in [-0.2, -0.15) is 0 Å². The van der Waals surface area contributed by atoms with Crippen molar-refractivity contribution in [3.63, 3.8) is 0 Å². The molecule has 0 unspecified atom stereocenters. The first kappa shape index (κ1) is 15.6. The lowest BCUT2D eigenvalue weighted by Gasteiger charge is -2.15. The molecular formula is C15H20N2O3S. The fourth-order valence-electron chi connectivity index (χ4n) is 2.09. The van der Waals surface area contributed by atoms with Gasteiger partial charge in [-0.15, -0.1) is 11.3 Å². The molecule has 0 aliphatic rings. The monoisotopic (exact) mass is 308 g/mol. The van der Waals surface area contributed by atoms with Crippen molar-refractivity contribution in [3.8, 4) is 17.2 Å². The van der Waals surface area contributed by atoms with Gasteiger partial charge >= 0.3 is 0 Å². The van der Waals surface area contributed by atoms with Gasteiger partial charge in [-0.3, -0.25) is 0 Å². The van der Waals surface area contributed by atoms with E-state index >= 15 is 0 Å². The second kappa shape index (κ2) is 7.28. The molecular weight excluding hydrogens is 288 g/mol. The van der Waals surface area contributed by atoms with E-state index in [0.29, 0.717) is 23.8 Å². The van der Waals surface area contributed by atoms with Gasteiger partial charge in [0.15, 0.2) is 11.5 Å². The first-order valence-corrected chi connectivity index (χ1v) is 7.41. The van der Waals surface area contributed by atoms with Gasteiger partial charge in [-0.05, 0) is 13.0 Å². The highest BCUT2D eigenvalue weighted by atomic mass is 32.1. The number of aromatic nitrogens is 1. The van der Waals surface area contributed by atoms with Gasteiger partial charge in [0.25, 0.3) is 0 Å². The summed E-state index contributed by atoms with van der Waals surface area (Å²) in [6, 6.07) is 3.85. The summed E-state index contributed by atoms with van der Waals surface area (Å²) in [5, 5.41) is 4.44. The highest BCUT2D eigenvalue weighted by Crippen LogP contribution is 2.39. The zero-order valence-corrected chi connectivity index (χ0v) is 13.5. The largest absolute Gasteiger partial charge is 0.493 e. The number of rotatable bonds is 7. The van der Waals surface area contributed by atoms with E-state index in [9.17, 15) is 0 Å². The van der Waals surface area contributed by atoms with E-state index in [1.807, 2.05) is 18.3 Å². The molecule has 1 heterocycles. The minimum absolute atomic E-state index is 0.615. The second-order valence-corrected chi connectivity index (χ2v) is 5.78. The average molecular weight is 308 g/mol. The van der Waals surface area contributed by atoms with Crippen LogP contribution in [0.2, 0.25) is 0 Å². The third-order valence-electron chi connectivity index (χ3n) is 3.05. The highest BCUT2D eigenvalue weighted by molar-refractivity contribution is 7.11. The number of nitrogens with zero attached hydrogens (tertiary/aromatic N) is 1. The number of aryl methyl sites for hydroxylation is 1. The Labute approximate surface area is 128 Å². The summed E-state index contributed by atoms with van der Waals surface area (Å²) >= 11 is 1.70. The van der Waals surface area contributed by atoms with Crippen LogP contribution in [0.5, 0.6) is 17.2 Å². The molecule has 0 fully saturated rings. The number of methoxy groups -OCH3 is 3. The number of hydrogen-bond acceptors (Lipinski definition) is 6. The number of ether oxygens (including phenoxy) is 3. The van der Waals surface area contributed by atoms with Crippen LogP contribution in [0.15, 0.2) is 18.3 Å². The number of thiazole rings is 1. The Bertz CT molecular complexity index is 599. The molecule has 0 spiro atoms. The van der Waals surface area contributed by atoms with E-state index in [-0.39, 0.29) is 0 Å². The molecule has 2 rings (SSSR count). The number of benzene rings is 1. The molecule has 2 aromatic rings. The van der Waals surface area contributed by atoms with Crippen LogP contribution in [0.25, 0.3) is 0 Å². The summed E-state index contributed by atoms with van der Waals surface area (Å²) < 4.78 is 16.1.